The topological polar surface area (TPSA) is 65.4 Å². The maximum absolute atomic E-state index is 13.1. The van der Waals surface area contributed by atoms with Crippen LogP contribution in [0.3, 0.4) is 0 Å². The fraction of sp³-hybridized carbons (Fsp3) is 0.120. The summed E-state index contributed by atoms with van der Waals surface area (Å²) in [5, 5.41) is 3.44. The molecule has 0 unspecified atom stereocenters. The monoisotopic (exact) mass is 463 g/mol. The number of benzene rings is 3. The second-order valence-corrected chi connectivity index (χ2v) is 7.97. The lowest BCUT2D eigenvalue weighted by Gasteiger charge is -2.08. The van der Waals surface area contributed by atoms with Crippen LogP contribution in [0.15, 0.2) is 84.1 Å². The van der Waals surface area contributed by atoms with Gasteiger partial charge in [-0.3, -0.25) is 9.36 Å². The van der Waals surface area contributed by atoms with Gasteiger partial charge >= 0.3 is 0 Å². The number of hydrogen-bond donors (Lipinski definition) is 1. The second-order valence-electron chi connectivity index (χ2n) is 7.03. The van der Waals surface area contributed by atoms with Gasteiger partial charge < -0.3 is 14.8 Å². The molecule has 0 radical (unpaired) electrons. The van der Waals surface area contributed by atoms with Crippen LogP contribution < -0.4 is 14.8 Å². The molecular weight excluding hydrogens is 441 g/mol. The number of imidazole rings is 1. The number of nitrogens with zero attached hydrogens (tertiary/aromatic N) is 2. The first kappa shape index (κ1) is 22.4. The largest absolute Gasteiger partial charge is 0.493 e. The van der Waals surface area contributed by atoms with Gasteiger partial charge in [0, 0.05) is 23.1 Å². The van der Waals surface area contributed by atoms with Crippen molar-refractivity contribution in [2.75, 3.05) is 25.3 Å². The van der Waals surface area contributed by atoms with Crippen LogP contribution in [-0.2, 0) is 4.79 Å². The Morgan fingerprint density at radius 3 is 2.42 bits per heavy atom. The molecule has 1 aromatic heterocycles. The Morgan fingerprint density at radius 2 is 1.73 bits per heavy atom. The number of thioether (sulfide) groups is 1. The third kappa shape index (κ3) is 5.35. The molecule has 4 aromatic rings. The summed E-state index contributed by atoms with van der Waals surface area (Å²) in [4.78, 5) is 17.2. The molecule has 1 heterocycles. The summed E-state index contributed by atoms with van der Waals surface area (Å²) in [5.41, 5.74) is 3.07. The predicted molar refractivity (Wildman–Crippen MR) is 128 cm³/mol. The van der Waals surface area contributed by atoms with Gasteiger partial charge in [0.15, 0.2) is 16.7 Å². The molecule has 0 spiro atoms. The van der Waals surface area contributed by atoms with Crippen molar-refractivity contribution in [3.8, 4) is 28.4 Å². The average molecular weight is 464 g/mol. The number of rotatable bonds is 8. The molecule has 3 aromatic carbocycles. The standard InChI is InChI=1S/C25H22FN3O3S/c1-31-22-13-8-17(14-23(22)32-2)21-15-29(20-6-4-3-5-7-20)25(28-21)33-16-24(30)27-19-11-9-18(26)10-12-19/h3-15H,16H2,1-2H3,(H,27,30). The van der Waals surface area contributed by atoms with Gasteiger partial charge in [0.1, 0.15) is 5.82 Å². The first-order chi connectivity index (χ1) is 16.1. The summed E-state index contributed by atoms with van der Waals surface area (Å²) in [6.07, 6.45) is 1.93. The molecule has 0 fully saturated rings. The molecule has 8 heteroatoms. The predicted octanol–water partition coefficient (Wildman–Crippen LogP) is 5.43. The Kier molecular flexibility index (Phi) is 6.95. The van der Waals surface area contributed by atoms with Gasteiger partial charge in [0.25, 0.3) is 0 Å². The number of para-hydroxylation sites is 1. The maximum Gasteiger partial charge on any atom is 0.234 e. The fourth-order valence-electron chi connectivity index (χ4n) is 3.23. The third-order valence-electron chi connectivity index (χ3n) is 4.85. The van der Waals surface area contributed by atoms with Gasteiger partial charge in [-0.25, -0.2) is 9.37 Å². The van der Waals surface area contributed by atoms with E-state index in [1.165, 1.54) is 36.0 Å². The second kappa shape index (κ2) is 10.2. The van der Waals surface area contributed by atoms with Crippen LogP contribution in [0.1, 0.15) is 0 Å². The third-order valence-corrected chi connectivity index (χ3v) is 5.80. The summed E-state index contributed by atoms with van der Waals surface area (Å²) >= 11 is 1.32. The zero-order chi connectivity index (χ0) is 23.2. The minimum absolute atomic E-state index is 0.145. The maximum atomic E-state index is 13.1. The van der Waals surface area contributed by atoms with Gasteiger partial charge in [0.05, 0.1) is 25.7 Å². The van der Waals surface area contributed by atoms with Gasteiger partial charge in [0.2, 0.25) is 5.91 Å². The highest BCUT2D eigenvalue weighted by Crippen LogP contribution is 2.33. The molecule has 0 saturated carbocycles. The molecule has 0 aliphatic carbocycles. The molecule has 168 valence electrons. The molecule has 6 nitrogen and oxygen atoms in total. The molecule has 33 heavy (non-hydrogen) atoms. The molecule has 0 aliphatic heterocycles. The first-order valence-corrected chi connectivity index (χ1v) is 11.1. The van der Waals surface area contributed by atoms with Crippen LogP contribution in [0.25, 0.3) is 16.9 Å². The van der Waals surface area contributed by atoms with Crippen LogP contribution in [0.5, 0.6) is 11.5 Å². The van der Waals surface area contributed by atoms with E-state index in [-0.39, 0.29) is 17.5 Å². The van der Waals surface area contributed by atoms with Crippen molar-refractivity contribution in [2.24, 2.45) is 0 Å². The number of anilines is 1. The van der Waals surface area contributed by atoms with Crippen molar-refractivity contribution in [3.63, 3.8) is 0 Å². The molecule has 0 atom stereocenters. The zero-order valence-electron chi connectivity index (χ0n) is 18.1. The van der Waals surface area contributed by atoms with Crippen molar-refractivity contribution in [2.45, 2.75) is 5.16 Å². The smallest absolute Gasteiger partial charge is 0.234 e. The van der Waals surface area contributed by atoms with Crippen LogP contribution in [0.2, 0.25) is 0 Å². The molecule has 0 bridgehead atoms. The Bertz CT molecular complexity index is 1240. The summed E-state index contributed by atoms with van der Waals surface area (Å²) in [7, 11) is 3.18. The van der Waals surface area contributed by atoms with E-state index in [0.29, 0.717) is 22.3 Å². The van der Waals surface area contributed by atoms with Crippen LogP contribution in [0.4, 0.5) is 10.1 Å². The molecule has 0 saturated heterocycles. The Labute approximate surface area is 195 Å². The lowest BCUT2D eigenvalue weighted by molar-refractivity contribution is -0.113. The van der Waals surface area contributed by atoms with E-state index in [4.69, 9.17) is 14.5 Å². The van der Waals surface area contributed by atoms with Gasteiger partial charge in [-0.2, -0.15) is 0 Å². The van der Waals surface area contributed by atoms with Crippen molar-refractivity contribution < 1.29 is 18.7 Å². The van der Waals surface area contributed by atoms with Crippen molar-refractivity contribution in [3.05, 3.63) is 84.8 Å². The van der Waals surface area contributed by atoms with E-state index in [1.807, 2.05) is 59.3 Å². The minimum Gasteiger partial charge on any atom is -0.493 e. The number of nitrogens with one attached hydrogen (secondary N) is 1. The van der Waals surface area contributed by atoms with Crippen molar-refractivity contribution >= 4 is 23.4 Å². The molecule has 4 rings (SSSR count). The van der Waals surface area contributed by atoms with Crippen molar-refractivity contribution in [1.29, 1.82) is 0 Å². The van der Waals surface area contributed by atoms with E-state index in [1.54, 1.807) is 14.2 Å². The zero-order valence-corrected chi connectivity index (χ0v) is 18.9. The van der Waals surface area contributed by atoms with Gasteiger partial charge in [-0.1, -0.05) is 30.0 Å². The van der Waals surface area contributed by atoms with Crippen LogP contribution >= 0.6 is 11.8 Å². The van der Waals surface area contributed by atoms with Gasteiger partial charge in [-0.05, 0) is 54.6 Å². The van der Waals surface area contributed by atoms with E-state index < -0.39 is 0 Å². The normalized spacial score (nSPS) is 10.6. The number of ether oxygens (including phenoxy) is 2. The number of aromatic nitrogens is 2. The molecule has 0 aliphatic rings. The first-order valence-electron chi connectivity index (χ1n) is 10.1. The number of hydrogen-bond acceptors (Lipinski definition) is 5. The Hall–Kier alpha value is -3.78. The van der Waals surface area contributed by atoms with E-state index in [0.717, 1.165) is 16.9 Å². The van der Waals surface area contributed by atoms with E-state index in [2.05, 4.69) is 5.32 Å². The lowest BCUT2D eigenvalue weighted by Crippen LogP contribution is -2.14. The number of halogens is 1. The lowest BCUT2D eigenvalue weighted by atomic mass is 10.1. The van der Waals surface area contributed by atoms with Crippen molar-refractivity contribution in [1.82, 2.24) is 9.55 Å². The highest BCUT2D eigenvalue weighted by molar-refractivity contribution is 7.99. The quantitative estimate of drug-likeness (QED) is 0.353. The van der Waals surface area contributed by atoms with Gasteiger partial charge in [-0.15, -0.1) is 0 Å². The number of methoxy groups -OCH3 is 2. The summed E-state index contributed by atoms with van der Waals surface area (Å²) in [6, 6.07) is 21.1. The molecule has 1 N–H and O–H groups in total. The highest BCUT2D eigenvalue weighted by Gasteiger charge is 2.15. The average Bonchev–Trinajstić information content (AvgIpc) is 3.28. The number of carbonyl (C=O) groups excluding carboxylic acids is 1. The highest BCUT2D eigenvalue weighted by atomic mass is 32.2. The van der Waals surface area contributed by atoms with E-state index >= 15 is 0 Å². The molecule has 1 amide bonds. The SMILES string of the molecule is COc1ccc(-c2cn(-c3ccccc3)c(SCC(=O)Nc3ccc(F)cc3)n2)cc1OC. The summed E-state index contributed by atoms with van der Waals surface area (Å²) < 4.78 is 25.8. The molecular formula is C25H22FN3O3S. The summed E-state index contributed by atoms with van der Waals surface area (Å²) in [6.45, 7) is 0. The minimum atomic E-state index is -0.352. The Morgan fingerprint density at radius 1 is 1.00 bits per heavy atom. The number of carbonyl (C=O) groups is 1. The van der Waals surface area contributed by atoms with Crippen LogP contribution in [0, 0.1) is 5.82 Å². The fourth-order valence-corrected chi connectivity index (χ4v) is 4.03. The Balaban J connectivity index is 1.59. The number of amides is 1. The summed E-state index contributed by atoms with van der Waals surface area (Å²) in [5.74, 6) is 0.830. The van der Waals surface area contributed by atoms with Crippen LogP contribution in [-0.4, -0.2) is 35.4 Å². The van der Waals surface area contributed by atoms with E-state index in [9.17, 15) is 9.18 Å².